The van der Waals surface area contributed by atoms with Crippen molar-refractivity contribution in [3.05, 3.63) is 64.7 Å². The summed E-state index contributed by atoms with van der Waals surface area (Å²) >= 11 is 0. The lowest BCUT2D eigenvalue weighted by Crippen LogP contribution is -2.29. The van der Waals surface area contributed by atoms with E-state index in [1.807, 2.05) is 18.2 Å². The molecule has 2 aliphatic heterocycles. The molecule has 0 radical (unpaired) electrons. The number of nitrogens with one attached hydrogen (secondary N) is 1. The summed E-state index contributed by atoms with van der Waals surface area (Å²) in [6.45, 7) is 3.96. The van der Waals surface area contributed by atoms with Gasteiger partial charge in [0.2, 0.25) is 0 Å². The van der Waals surface area contributed by atoms with Crippen molar-refractivity contribution >= 4 is 30.1 Å². The zero-order chi connectivity index (χ0) is 21.8. The number of nitrogens with zero attached hydrogens (tertiary/aromatic N) is 2. The number of rotatable bonds is 8. The Labute approximate surface area is 194 Å². The van der Waals surface area contributed by atoms with E-state index in [-0.39, 0.29) is 36.3 Å². The average Bonchev–Trinajstić information content (AvgIpc) is 3.39. The van der Waals surface area contributed by atoms with Gasteiger partial charge in [-0.3, -0.25) is 19.3 Å². The molecule has 0 aliphatic carbocycles. The summed E-state index contributed by atoms with van der Waals surface area (Å²) < 4.78 is 5.33. The molecule has 4 rings (SSSR count). The number of imide groups is 1. The van der Waals surface area contributed by atoms with E-state index >= 15 is 0 Å². The number of benzene rings is 2. The zero-order valence-electron chi connectivity index (χ0n) is 18.1. The lowest BCUT2D eigenvalue weighted by molar-refractivity contribution is 0.0641. The molecule has 2 heterocycles. The highest BCUT2D eigenvalue weighted by molar-refractivity contribution is 6.22. The zero-order valence-corrected chi connectivity index (χ0v) is 19.0. The highest BCUT2D eigenvalue weighted by Crippen LogP contribution is 2.28. The normalized spacial score (nSPS) is 15.5. The molecular weight excluding hydrogens is 430 g/mol. The minimum Gasteiger partial charge on any atom is -0.496 e. The first-order chi connectivity index (χ1) is 15.1. The monoisotopic (exact) mass is 457 g/mol. The Balaban J connectivity index is 0.00000289. The quantitative estimate of drug-likeness (QED) is 0.486. The van der Waals surface area contributed by atoms with Gasteiger partial charge in [0.25, 0.3) is 17.7 Å². The molecular formula is C24H28ClN3O4. The van der Waals surface area contributed by atoms with Crippen molar-refractivity contribution in [3.8, 4) is 5.75 Å². The fourth-order valence-electron chi connectivity index (χ4n) is 4.19. The van der Waals surface area contributed by atoms with Crippen LogP contribution in [0.4, 0.5) is 0 Å². The van der Waals surface area contributed by atoms with Gasteiger partial charge in [-0.15, -0.1) is 12.4 Å². The van der Waals surface area contributed by atoms with E-state index in [2.05, 4.69) is 10.2 Å². The number of fused-ring (bicyclic) bond motifs is 1. The summed E-state index contributed by atoms with van der Waals surface area (Å²) in [5.74, 6) is -0.362. The second kappa shape index (κ2) is 10.6. The van der Waals surface area contributed by atoms with Crippen LogP contribution in [0.2, 0.25) is 0 Å². The maximum atomic E-state index is 12.9. The van der Waals surface area contributed by atoms with E-state index in [4.69, 9.17) is 4.74 Å². The lowest BCUT2D eigenvalue weighted by Gasteiger charge is -2.16. The van der Waals surface area contributed by atoms with Gasteiger partial charge in [-0.2, -0.15) is 0 Å². The van der Waals surface area contributed by atoms with Crippen LogP contribution < -0.4 is 10.1 Å². The van der Waals surface area contributed by atoms with Crippen molar-refractivity contribution in [2.75, 3.05) is 33.3 Å². The minimum atomic E-state index is -0.394. The number of methoxy groups -OCH3 is 1. The van der Waals surface area contributed by atoms with E-state index in [0.29, 0.717) is 23.4 Å². The summed E-state index contributed by atoms with van der Waals surface area (Å²) in [5, 5.41) is 2.91. The van der Waals surface area contributed by atoms with Gasteiger partial charge in [0.15, 0.2) is 0 Å². The first-order valence-electron chi connectivity index (χ1n) is 10.7. The third kappa shape index (κ3) is 4.95. The molecule has 2 aromatic carbocycles. The Kier molecular flexibility index (Phi) is 7.88. The van der Waals surface area contributed by atoms with E-state index in [0.717, 1.165) is 31.6 Å². The number of carbonyl (C=O) groups excluding carboxylic acids is 3. The van der Waals surface area contributed by atoms with Crippen molar-refractivity contribution in [1.29, 1.82) is 0 Å². The van der Waals surface area contributed by atoms with Crippen molar-refractivity contribution in [1.82, 2.24) is 15.1 Å². The fraction of sp³-hybridized carbons (Fsp3) is 0.375. The van der Waals surface area contributed by atoms with Crippen molar-refractivity contribution in [2.24, 2.45) is 0 Å². The molecule has 0 bridgehead atoms. The molecule has 0 atom stereocenters. The Morgan fingerprint density at radius 3 is 2.50 bits per heavy atom. The van der Waals surface area contributed by atoms with Crippen LogP contribution in [-0.4, -0.2) is 60.8 Å². The molecule has 0 spiro atoms. The predicted molar refractivity (Wildman–Crippen MR) is 124 cm³/mol. The van der Waals surface area contributed by atoms with Crippen LogP contribution >= 0.6 is 12.4 Å². The topological polar surface area (TPSA) is 79.0 Å². The summed E-state index contributed by atoms with van der Waals surface area (Å²) in [4.78, 5) is 41.8. The van der Waals surface area contributed by atoms with Gasteiger partial charge in [0.05, 0.1) is 24.8 Å². The molecule has 0 saturated carbocycles. The van der Waals surface area contributed by atoms with Crippen LogP contribution in [-0.2, 0) is 6.54 Å². The summed E-state index contributed by atoms with van der Waals surface area (Å²) in [7, 11) is 1.55. The SMILES string of the molecule is COc1ccccc1CN1C(=O)c2ccc(C(=O)NCCCN3CCCC3)cc2C1=O.Cl. The molecule has 7 nitrogen and oxygen atoms in total. The highest BCUT2D eigenvalue weighted by Gasteiger charge is 2.36. The van der Waals surface area contributed by atoms with Gasteiger partial charge in [-0.05, 0) is 63.2 Å². The molecule has 0 unspecified atom stereocenters. The molecule has 1 fully saturated rings. The number of hydrogen-bond acceptors (Lipinski definition) is 5. The van der Waals surface area contributed by atoms with Crippen molar-refractivity contribution < 1.29 is 19.1 Å². The van der Waals surface area contributed by atoms with E-state index in [1.54, 1.807) is 25.3 Å². The first-order valence-corrected chi connectivity index (χ1v) is 10.7. The molecule has 0 aromatic heterocycles. The summed E-state index contributed by atoms with van der Waals surface area (Å²) in [6, 6.07) is 12.0. The number of para-hydroxylation sites is 1. The Bertz CT molecular complexity index is 1000. The minimum absolute atomic E-state index is 0. The van der Waals surface area contributed by atoms with Gasteiger partial charge in [-0.1, -0.05) is 18.2 Å². The molecule has 1 saturated heterocycles. The lowest BCUT2D eigenvalue weighted by atomic mass is 10.1. The third-order valence-corrected chi connectivity index (χ3v) is 5.89. The smallest absolute Gasteiger partial charge is 0.261 e. The van der Waals surface area contributed by atoms with Gasteiger partial charge >= 0.3 is 0 Å². The molecule has 2 aliphatic rings. The van der Waals surface area contributed by atoms with Gasteiger partial charge in [0, 0.05) is 17.7 Å². The molecule has 2 aromatic rings. The number of likely N-dealkylation sites (tertiary alicyclic amines) is 1. The molecule has 1 N–H and O–H groups in total. The van der Waals surface area contributed by atoms with Gasteiger partial charge < -0.3 is 15.0 Å². The Morgan fingerprint density at radius 2 is 1.75 bits per heavy atom. The Hall–Kier alpha value is -2.90. The Morgan fingerprint density at radius 1 is 1.03 bits per heavy atom. The molecule has 32 heavy (non-hydrogen) atoms. The summed E-state index contributed by atoms with van der Waals surface area (Å²) in [6.07, 6.45) is 3.39. The van der Waals surface area contributed by atoms with Gasteiger partial charge in [-0.25, -0.2) is 0 Å². The van der Waals surface area contributed by atoms with Gasteiger partial charge in [0.1, 0.15) is 5.75 Å². The second-order valence-electron chi connectivity index (χ2n) is 7.93. The molecule has 3 amide bonds. The standard InChI is InChI=1S/C24H27N3O4.ClH/c1-31-21-8-3-2-7-18(21)16-27-23(29)19-10-9-17(15-20(19)24(27)30)22(28)25-11-6-14-26-12-4-5-13-26;/h2-3,7-10,15H,4-6,11-14,16H2,1H3,(H,25,28);1H. The largest absolute Gasteiger partial charge is 0.496 e. The van der Waals surface area contributed by atoms with Crippen molar-refractivity contribution in [3.63, 3.8) is 0 Å². The highest BCUT2D eigenvalue weighted by atomic mass is 35.5. The van der Waals surface area contributed by atoms with Crippen LogP contribution in [0, 0.1) is 0 Å². The number of carbonyl (C=O) groups is 3. The van der Waals surface area contributed by atoms with Crippen LogP contribution in [0.5, 0.6) is 5.75 Å². The van der Waals surface area contributed by atoms with Crippen LogP contribution in [0.25, 0.3) is 0 Å². The number of halogens is 1. The second-order valence-corrected chi connectivity index (χ2v) is 7.93. The summed E-state index contributed by atoms with van der Waals surface area (Å²) in [5.41, 5.74) is 1.73. The fourth-order valence-corrected chi connectivity index (χ4v) is 4.19. The molecule has 8 heteroatoms. The van der Waals surface area contributed by atoms with Crippen LogP contribution in [0.3, 0.4) is 0 Å². The van der Waals surface area contributed by atoms with Crippen molar-refractivity contribution in [2.45, 2.75) is 25.8 Å². The number of ether oxygens (including phenoxy) is 1. The van der Waals surface area contributed by atoms with E-state index in [9.17, 15) is 14.4 Å². The number of amides is 3. The van der Waals surface area contributed by atoms with E-state index in [1.165, 1.54) is 23.8 Å². The maximum absolute atomic E-state index is 12.9. The molecule has 170 valence electrons. The maximum Gasteiger partial charge on any atom is 0.261 e. The van der Waals surface area contributed by atoms with Crippen LogP contribution in [0.1, 0.15) is 55.9 Å². The predicted octanol–water partition coefficient (Wildman–Crippen LogP) is 3.13. The average molecular weight is 458 g/mol. The van der Waals surface area contributed by atoms with E-state index < -0.39 is 5.91 Å². The first kappa shape index (κ1) is 23.8. The third-order valence-electron chi connectivity index (χ3n) is 5.89. The van der Waals surface area contributed by atoms with Crippen LogP contribution in [0.15, 0.2) is 42.5 Å². The number of hydrogen-bond donors (Lipinski definition) is 1.